The van der Waals surface area contributed by atoms with Crippen molar-refractivity contribution in [2.75, 3.05) is 5.73 Å². The van der Waals surface area contributed by atoms with Crippen LogP contribution in [0.2, 0.25) is 0 Å². The van der Waals surface area contributed by atoms with E-state index in [0.717, 1.165) is 22.6 Å². The van der Waals surface area contributed by atoms with Crippen molar-refractivity contribution in [1.29, 1.82) is 0 Å². The van der Waals surface area contributed by atoms with Crippen molar-refractivity contribution >= 4 is 16.7 Å². The average Bonchev–Trinajstić information content (AvgIpc) is 2.83. The van der Waals surface area contributed by atoms with Gasteiger partial charge in [-0.1, -0.05) is 18.2 Å². The van der Waals surface area contributed by atoms with Crippen LogP contribution in [-0.4, -0.2) is 9.55 Å². The van der Waals surface area contributed by atoms with Crippen molar-refractivity contribution in [3.05, 3.63) is 54.4 Å². The Morgan fingerprint density at radius 3 is 2.71 bits per heavy atom. The maximum atomic E-state index is 5.83. The van der Waals surface area contributed by atoms with E-state index in [4.69, 9.17) is 10.5 Å². The van der Waals surface area contributed by atoms with Gasteiger partial charge in [-0.05, 0) is 38.1 Å². The summed E-state index contributed by atoms with van der Waals surface area (Å²) >= 11 is 0. The summed E-state index contributed by atoms with van der Waals surface area (Å²) in [5, 5.41) is 0. The zero-order valence-corrected chi connectivity index (χ0v) is 12.3. The number of anilines is 1. The molecule has 0 bridgehead atoms. The molecule has 0 aliphatic carbocycles. The van der Waals surface area contributed by atoms with Crippen LogP contribution in [0.5, 0.6) is 5.75 Å². The van der Waals surface area contributed by atoms with E-state index in [1.807, 2.05) is 42.5 Å². The Kier molecular flexibility index (Phi) is 3.52. The lowest BCUT2D eigenvalue weighted by atomic mass is 10.3. The van der Waals surface area contributed by atoms with E-state index in [-0.39, 0.29) is 0 Å². The molecule has 4 heteroatoms. The number of imidazole rings is 1. The Balaban J connectivity index is 1.91. The lowest BCUT2D eigenvalue weighted by Crippen LogP contribution is -2.09. The minimum atomic E-state index is 0.330. The first-order valence-corrected chi connectivity index (χ1v) is 7.09. The van der Waals surface area contributed by atoms with Crippen LogP contribution in [0, 0.1) is 0 Å². The fourth-order valence-corrected chi connectivity index (χ4v) is 2.52. The number of hydrogen-bond donors (Lipinski definition) is 1. The molecule has 1 aromatic heterocycles. The van der Waals surface area contributed by atoms with Crippen molar-refractivity contribution in [2.45, 2.75) is 26.5 Å². The molecule has 3 aromatic rings. The maximum absolute atomic E-state index is 5.83. The highest BCUT2D eigenvalue weighted by Crippen LogP contribution is 2.22. The van der Waals surface area contributed by atoms with Gasteiger partial charge in [0.15, 0.2) is 0 Å². The monoisotopic (exact) mass is 281 g/mol. The molecule has 0 radical (unpaired) electrons. The van der Waals surface area contributed by atoms with Gasteiger partial charge in [-0.25, -0.2) is 4.98 Å². The Bertz CT molecular complexity index is 762. The van der Waals surface area contributed by atoms with Crippen LogP contribution in [-0.2, 0) is 6.61 Å². The van der Waals surface area contributed by atoms with Crippen molar-refractivity contribution < 1.29 is 4.74 Å². The summed E-state index contributed by atoms with van der Waals surface area (Å²) in [4.78, 5) is 4.68. The quantitative estimate of drug-likeness (QED) is 0.740. The maximum Gasteiger partial charge on any atom is 0.148 e. The van der Waals surface area contributed by atoms with Crippen LogP contribution in [0.25, 0.3) is 11.0 Å². The van der Waals surface area contributed by atoms with E-state index in [2.05, 4.69) is 29.5 Å². The second kappa shape index (κ2) is 5.48. The second-order valence-corrected chi connectivity index (χ2v) is 5.34. The number of nitrogens with zero attached hydrogens (tertiary/aromatic N) is 2. The molecule has 0 unspecified atom stereocenters. The fraction of sp³-hybridized carbons (Fsp3) is 0.235. The lowest BCUT2D eigenvalue weighted by molar-refractivity contribution is 0.287. The van der Waals surface area contributed by atoms with Crippen molar-refractivity contribution in [2.24, 2.45) is 0 Å². The smallest absolute Gasteiger partial charge is 0.148 e. The average molecular weight is 281 g/mol. The van der Waals surface area contributed by atoms with Gasteiger partial charge in [-0.3, -0.25) is 0 Å². The summed E-state index contributed by atoms with van der Waals surface area (Å²) in [6.45, 7) is 4.73. The van der Waals surface area contributed by atoms with Crippen LogP contribution in [0.3, 0.4) is 0 Å². The Hall–Kier alpha value is -2.49. The standard InChI is InChI=1S/C17H19N3O/c1-12(2)20-16-9-4-3-8-15(16)19-17(20)11-21-14-7-5-6-13(18)10-14/h3-10,12H,11,18H2,1-2H3. The molecule has 4 nitrogen and oxygen atoms in total. The van der Waals surface area contributed by atoms with E-state index < -0.39 is 0 Å². The van der Waals surface area contributed by atoms with Crippen molar-refractivity contribution in [1.82, 2.24) is 9.55 Å². The molecule has 0 aliphatic heterocycles. The van der Waals surface area contributed by atoms with Gasteiger partial charge in [0.25, 0.3) is 0 Å². The topological polar surface area (TPSA) is 53.1 Å². The van der Waals surface area contributed by atoms with E-state index in [9.17, 15) is 0 Å². The van der Waals surface area contributed by atoms with Gasteiger partial charge in [-0.2, -0.15) is 0 Å². The first-order chi connectivity index (χ1) is 10.1. The molecule has 2 N–H and O–H groups in total. The van der Waals surface area contributed by atoms with Crippen LogP contribution in [0.4, 0.5) is 5.69 Å². The Morgan fingerprint density at radius 1 is 1.14 bits per heavy atom. The summed E-state index contributed by atoms with van der Waals surface area (Å²) in [7, 11) is 0. The predicted octanol–water partition coefficient (Wildman–Crippen LogP) is 3.78. The third-order valence-corrected chi connectivity index (χ3v) is 3.41. The largest absolute Gasteiger partial charge is 0.486 e. The van der Waals surface area contributed by atoms with Gasteiger partial charge in [-0.15, -0.1) is 0 Å². The summed E-state index contributed by atoms with van der Waals surface area (Å²) in [6, 6.07) is 15.9. The predicted molar refractivity (Wildman–Crippen MR) is 85.3 cm³/mol. The zero-order valence-electron chi connectivity index (χ0n) is 12.3. The molecular formula is C17H19N3O. The molecule has 0 spiro atoms. The molecule has 0 saturated heterocycles. The molecule has 2 aromatic carbocycles. The first kappa shape index (κ1) is 13.5. The molecule has 0 saturated carbocycles. The van der Waals surface area contributed by atoms with Crippen molar-refractivity contribution in [3.8, 4) is 5.75 Å². The minimum absolute atomic E-state index is 0.330. The van der Waals surface area contributed by atoms with Crippen LogP contribution >= 0.6 is 0 Å². The van der Waals surface area contributed by atoms with Gasteiger partial charge < -0.3 is 15.0 Å². The molecule has 1 heterocycles. The number of para-hydroxylation sites is 2. The minimum Gasteiger partial charge on any atom is -0.486 e. The van der Waals surface area contributed by atoms with Crippen molar-refractivity contribution in [3.63, 3.8) is 0 Å². The highest BCUT2D eigenvalue weighted by molar-refractivity contribution is 5.76. The highest BCUT2D eigenvalue weighted by Gasteiger charge is 2.13. The van der Waals surface area contributed by atoms with Crippen LogP contribution in [0.1, 0.15) is 25.7 Å². The molecule has 108 valence electrons. The number of rotatable bonds is 4. The summed E-state index contributed by atoms with van der Waals surface area (Å²) in [5.41, 5.74) is 8.60. The number of aromatic nitrogens is 2. The fourth-order valence-electron chi connectivity index (χ4n) is 2.52. The highest BCUT2D eigenvalue weighted by atomic mass is 16.5. The Labute approximate surface area is 124 Å². The molecule has 0 aliphatic rings. The summed E-state index contributed by atoms with van der Waals surface area (Å²) in [6.07, 6.45) is 0. The molecule has 0 fully saturated rings. The number of nitrogen functional groups attached to an aromatic ring is 1. The van der Waals surface area contributed by atoms with E-state index in [0.29, 0.717) is 18.3 Å². The van der Waals surface area contributed by atoms with E-state index in [1.54, 1.807) is 0 Å². The van der Waals surface area contributed by atoms with Gasteiger partial charge in [0.2, 0.25) is 0 Å². The molecular weight excluding hydrogens is 262 g/mol. The number of ether oxygens (including phenoxy) is 1. The van der Waals surface area contributed by atoms with Crippen LogP contribution in [0.15, 0.2) is 48.5 Å². The SMILES string of the molecule is CC(C)n1c(COc2cccc(N)c2)nc2ccccc21. The van der Waals surface area contributed by atoms with Gasteiger partial charge in [0.1, 0.15) is 18.2 Å². The molecule has 0 amide bonds. The molecule has 21 heavy (non-hydrogen) atoms. The second-order valence-electron chi connectivity index (χ2n) is 5.34. The zero-order chi connectivity index (χ0) is 14.8. The first-order valence-electron chi connectivity index (χ1n) is 7.09. The Morgan fingerprint density at radius 2 is 1.95 bits per heavy atom. The molecule has 3 rings (SSSR count). The van der Waals surface area contributed by atoms with Crippen LogP contribution < -0.4 is 10.5 Å². The summed E-state index contributed by atoms with van der Waals surface area (Å²) < 4.78 is 8.04. The number of fused-ring (bicyclic) bond motifs is 1. The van der Waals surface area contributed by atoms with E-state index in [1.165, 1.54) is 0 Å². The van der Waals surface area contributed by atoms with Gasteiger partial charge in [0, 0.05) is 17.8 Å². The number of nitrogens with two attached hydrogens (primary N) is 1. The van der Waals surface area contributed by atoms with E-state index >= 15 is 0 Å². The lowest BCUT2D eigenvalue weighted by Gasteiger charge is -2.13. The normalized spacial score (nSPS) is 11.2. The number of hydrogen-bond acceptors (Lipinski definition) is 3. The summed E-state index contributed by atoms with van der Waals surface area (Å²) in [5.74, 6) is 1.69. The third kappa shape index (κ3) is 2.70. The third-order valence-electron chi connectivity index (χ3n) is 3.41. The molecule has 0 atom stereocenters. The number of benzene rings is 2. The van der Waals surface area contributed by atoms with Gasteiger partial charge in [0.05, 0.1) is 11.0 Å². The van der Waals surface area contributed by atoms with Gasteiger partial charge >= 0.3 is 0 Å².